The summed E-state index contributed by atoms with van der Waals surface area (Å²) in [4.78, 5) is 35.7. The minimum Gasteiger partial charge on any atom is -0.393 e. The van der Waals surface area contributed by atoms with E-state index in [1.165, 1.54) is 0 Å². The number of nitrogens with one attached hydrogen (secondary N) is 1. The monoisotopic (exact) mass is 641 g/mol. The number of rotatable bonds is 11. The van der Waals surface area contributed by atoms with Crippen LogP contribution in [0.2, 0.25) is 0 Å². The number of phosphoric ester groups is 1. The van der Waals surface area contributed by atoms with Crippen molar-refractivity contribution in [1.82, 2.24) is 9.55 Å². The van der Waals surface area contributed by atoms with Crippen molar-refractivity contribution in [3.63, 3.8) is 0 Å². The van der Waals surface area contributed by atoms with E-state index in [0.29, 0.717) is 0 Å². The molecule has 2 aliphatic heterocycles. The molecule has 9 N–H and O–H groups in total. The highest BCUT2D eigenvalue weighted by atomic mass is 32.7. The van der Waals surface area contributed by atoms with Crippen LogP contribution >= 0.6 is 26.9 Å². The fraction of sp³-hybridized carbons (Fsp3) is 0.778. The normalized spacial score (nSPS) is 38.5. The smallest absolute Gasteiger partial charge is 0.393 e. The highest BCUT2D eigenvalue weighted by molar-refractivity contribution is 8.45. The molecule has 2 aliphatic rings. The number of phosphoric acid groups is 1. The van der Waals surface area contributed by atoms with Crippen LogP contribution in [-0.2, 0) is 32.0 Å². The second-order valence-electron chi connectivity index (χ2n) is 9.01. The standard InChI is InChI=1S/C18H30FN3O15P2S/c1-2-18(20)14(28)8(34-16(18)22-4-3-9(24)21-17(22)29)6-33-39(32,40)37-38(30,31)36-15-12(27)10(25)11(26)13(35-15)7(19)5-23/h3-4,7-8,10-16,23,25-28H,2,5-6,20H2,1H3,(H,30,31)(H,32,40)(H,21,24,29)/t7-,8+,10?,11?,12?,13?,14+,15?,16+,18+,39?/m0/s1. The highest BCUT2D eigenvalue weighted by Gasteiger charge is 2.55. The number of ether oxygens (including phenoxy) is 2. The zero-order valence-electron chi connectivity index (χ0n) is 20.6. The first kappa shape index (κ1) is 33.4. The molecule has 0 radical (unpaired) electrons. The average molecular weight is 641 g/mol. The molecule has 22 heteroatoms. The molecule has 0 bridgehead atoms. The maximum absolute atomic E-state index is 13.9. The number of aliphatic hydroxyl groups excluding tert-OH is 5. The van der Waals surface area contributed by atoms with E-state index in [0.717, 1.165) is 16.8 Å². The van der Waals surface area contributed by atoms with Gasteiger partial charge in [-0.3, -0.25) is 23.4 Å². The molecule has 40 heavy (non-hydrogen) atoms. The van der Waals surface area contributed by atoms with Gasteiger partial charge in [0.15, 0.2) is 18.7 Å². The Hall–Kier alpha value is -1.06. The number of hydrogen-bond donors (Lipinski definition) is 9. The van der Waals surface area contributed by atoms with Gasteiger partial charge in [-0.1, -0.05) is 19.2 Å². The largest absolute Gasteiger partial charge is 0.482 e. The molecular formula is C18H30FN3O15P2S. The van der Waals surface area contributed by atoms with E-state index in [1.807, 2.05) is 4.98 Å². The molecule has 0 aromatic carbocycles. The third-order valence-corrected chi connectivity index (χ3v) is 9.97. The van der Waals surface area contributed by atoms with Gasteiger partial charge in [0.2, 0.25) is 0 Å². The molecule has 3 rings (SSSR count). The van der Waals surface area contributed by atoms with Crippen LogP contribution < -0.4 is 17.0 Å². The van der Waals surface area contributed by atoms with Crippen LogP contribution in [0, 0.1) is 0 Å². The summed E-state index contributed by atoms with van der Waals surface area (Å²) in [6.45, 7) is -5.30. The zero-order valence-corrected chi connectivity index (χ0v) is 23.3. The van der Waals surface area contributed by atoms with Gasteiger partial charge >= 0.3 is 20.3 Å². The predicted molar refractivity (Wildman–Crippen MR) is 132 cm³/mol. The van der Waals surface area contributed by atoms with Gasteiger partial charge in [-0.05, 0) is 6.42 Å². The summed E-state index contributed by atoms with van der Waals surface area (Å²) in [6.07, 6.45) is -16.2. The summed E-state index contributed by atoms with van der Waals surface area (Å²) in [6, 6.07) is 1.01. The molecule has 12 atom stereocenters. The van der Waals surface area contributed by atoms with Crippen molar-refractivity contribution in [1.29, 1.82) is 0 Å². The minimum atomic E-state index is -5.54. The van der Waals surface area contributed by atoms with Gasteiger partial charge in [-0.25, -0.2) is 18.3 Å². The van der Waals surface area contributed by atoms with Gasteiger partial charge in [0.05, 0.1) is 18.8 Å². The molecule has 0 saturated carbocycles. The summed E-state index contributed by atoms with van der Waals surface area (Å²) < 4.78 is 64.3. The van der Waals surface area contributed by atoms with Crippen molar-refractivity contribution in [2.24, 2.45) is 5.73 Å². The van der Waals surface area contributed by atoms with E-state index in [1.54, 1.807) is 6.92 Å². The quantitative estimate of drug-likeness (QED) is 0.0873. The van der Waals surface area contributed by atoms with Crippen LogP contribution in [0.15, 0.2) is 21.9 Å². The lowest BCUT2D eigenvalue weighted by atomic mass is 9.88. The molecule has 0 amide bonds. The second-order valence-corrected chi connectivity index (χ2v) is 13.5. The van der Waals surface area contributed by atoms with Crippen molar-refractivity contribution >= 4 is 26.9 Å². The molecule has 7 unspecified atom stereocenters. The fourth-order valence-corrected chi connectivity index (χ4v) is 7.33. The first-order chi connectivity index (χ1) is 18.5. The minimum absolute atomic E-state index is 0.0386. The second kappa shape index (κ2) is 12.7. The third-order valence-electron chi connectivity index (χ3n) is 6.37. The van der Waals surface area contributed by atoms with E-state index < -0.39 is 99.9 Å². The number of hydrogen-bond acceptors (Lipinski definition) is 15. The van der Waals surface area contributed by atoms with E-state index in [-0.39, 0.29) is 6.42 Å². The van der Waals surface area contributed by atoms with E-state index in [4.69, 9.17) is 24.8 Å². The van der Waals surface area contributed by atoms with Crippen LogP contribution in [-0.4, -0.2) is 108 Å². The van der Waals surface area contributed by atoms with Gasteiger partial charge in [0, 0.05) is 12.3 Å². The molecule has 0 spiro atoms. The Morgan fingerprint density at radius 3 is 2.45 bits per heavy atom. The summed E-state index contributed by atoms with van der Waals surface area (Å²) >= 11 is 3.56. The van der Waals surface area contributed by atoms with Crippen LogP contribution in [0.5, 0.6) is 0 Å². The average Bonchev–Trinajstić information content (AvgIpc) is 3.12. The molecule has 2 saturated heterocycles. The Morgan fingerprint density at radius 1 is 1.23 bits per heavy atom. The van der Waals surface area contributed by atoms with Crippen molar-refractivity contribution in [3.05, 3.63) is 33.1 Å². The molecular weight excluding hydrogens is 611 g/mol. The van der Waals surface area contributed by atoms with E-state index >= 15 is 0 Å². The topological polar surface area (TPSA) is 283 Å². The number of halogens is 1. The Bertz CT molecular complexity index is 1260. The van der Waals surface area contributed by atoms with Crippen LogP contribution in [0.25, 0.3) is 0 Å². The van der Waals surface area contributed by atoms with Gasteiger partial charge in [-0.15, -0.1) is 0 Å². The Labute approximate surface area is 229 Å². The Balaban J connectivity index is 1.68. The number of aromatic amines is 1. The van der Waals surface area contributed by atoms with E-state index in [9.17, 15) is 48.4 Å². The maximum atomic E-state index is 13.9. The summed E-state index contributed by atoms with van der Waals surface area (Å²) in [5, 5.41) is 49.4. The number of nitrogens with zero attached hydrogens (tertiary/aromatic N) is 1. The molecule has 1 aromatic heterocycles. The van der Waals surface area contributed by atoms with Crippen LogP contribution in [0.4, 0.5) is 4.39 Å². The fourth-order valence-electron chi connectivity index (χ4n) is 4.15. The van der Waals surface area contributed by atoms with Crippen LogP contribution in [0.1, 0.15) is 19.6 Å². The summed E-state index contributed by atoms with van der Waals surface area (Å²) in [7, 11) is -5.54. The predicted octanol–water partition coefficient (Wildman–Crippen LogP) is -2.77. The molecule has 0 aliphatic carbocycles. The Kier molecular flexibility index (Phi) is 10.6. The Morgan fingerprint density at radius 2 is 1.88 bits per heavy atom. The number of nitrogens with two attached hydrogens (primary N) is 1. The van der Waals surface area contributed by atoms with Gasteiger partial charge < -0.3 is 45.6 Å². The number of aliphatic hydroxyl groups is 5. The molecule has 230 valence electrons. The zero-order chi connectivity index (χ0) is 30.2. The van der Waals surface area contributed by atoms with E-state index in [2.05, 4.69) is 21.1 Å². The summed E-state index contributed by atoms with van der Waals surface area (Å²) in [5.74, 6) is 0. The number of alkyl halides is 1. The SMILES string of the molecule is CC[C@@]1(N)[C@H](O)[C@@H](COP(=O)(S)OP(=O)(O)OC2OC([C@@H](F)CO)C(O)C(O)C2O)O[C@H]1n1ccc(=O)[nH]c1=O. The number of aromatic nitrogens is 2. The van der Waals surface area contributed by atoms with Crippen molar-refractivity contribution in [3.8, 4) is 0 Å². The first-order valence-electron chi connectivity index (χ1n) is 11.5. The lowest BCUT2D eigenvalue weighted by Gasteiger charge is -2.41. The molecule has 1 aromatic rings. The van der Waals surface area contributed by atoms with Crippen molar-refractivity contribution in [2.75, 3.05) is 13.2 Å². The number of H-pyrrole nitrogens is 1. The highest BCUT2D eigenvalue weighted by Crippen LogP contribution is 2.66. The van der Waals surface area contributed by atoms with Crippen LogP contribution in [0.3, 0.4) is 0 Å². The summed E-state index contributed by atoms with van der Waals surface area (Å²) in [5.41, 5.74) is 3.05. The van der Waals surface area contributed by atoms with Gasteiger partial charge in [0.25, 0.3) is 5.56 Å². The third kappa shape index (κ3) is 7.11. The first-order valence-corrected chi connectivity index (χ1v) is 15.7. The lowest BCUT2D eigenvalue weighted by Crippen LogP contribution is -2.60. The van der Waals surface area contributed by atoms with Crippen molar-refractivity contribution in [2.45, 2.75) is 74.2 Å². The van der Waals surface area contributed by atoms with Crippen molar-refractivity contribution < 1.29 is 66.8 Å². The lowest BCUT2D eigenvalue weighted by molar-refractivity contribution is -0.287. The number of thiol groups is 1. The molecule has 3 heterocycles. The maximum Gasteiger partial charge on any atom is 0.482 e. The molecule has 18 nitrogen and oxygen atoms in total. The van der Waals surface area contributed by atoms with Gasteiger partial charge in [0.1, 0.15) is 36.6 Å². The molecule has 2 fully saturated rings. The van der Waals surface area contributed by atoms with Gasteiger partial charge in [-0.2, -0.15) is 4.31 Å².